The van der Waals surface area contributed by atoms with Gasteiger partial charge in [-0.2, -0.15) is 0 Å². The zero-order chi connectivity index (χ0) is 17.0. The first kappa shape index (κ1) is 18.9. The van der Waals surface area contributed by atoms with E-state index in [0.29, 0.717) is 12.8 Å². The topological polar surface area (TPSA) is 98.5 Å². The van der Waals surface area contributed by atoms with Crippen LogP contribution in [0.5, 0.6) is 0 Å². The highest BCUT2D eigenvalue weighted by molar-refractivity contribution is 7.89. The lowest BCUT2D eigenvalue weighted by Crippen LogP contribution is -2.52. The molecule has 0 radical (unpaired) electrons. The van der Waals surface area contributed by atoms with E-state index in [1.807, 2.05) is 13.8 Å². The summed E-state index contributed by atoms with van der Waals surface area (Å²) in [5, 5.41) is 0.0149. The number of esters is 1. The summed E-state index contributed by atoms with van der Waals surface area (Å²) in [5.41, 5.74) is 5.12. The van der Waals surface area contributed by atoms with Crippen molar-refractivity contribution in [3.63, 3.8) is 0 Å². The number of hydrogen-bond donors (Lipinski definition) is 2. The maximum atomic E-state index is 12.5. The summed E-state index contributed by atoms with van der Waals surface area (Å²) < 4.78 is 32.2. The van der Waals surface area contributed by atoms with Crippen LogP contribution in [0.15, 0.2) is 23.1 Å². The number of nitrogens with two attached hydrogens (primary N) is 1. The zero-order valence-electron chi connectivity index (χ0n) is 12.8. The Balaban J connectivity index is 3.19. The zero-order valence-corrected chi connectivity index (χ0v) is 14.4. The van der Waals surface area contributed by atoms with Crippen LogP contribution in [-0.4, -0.2) is 33.6 Å². The van der Waals surface area contributed by atoms with Crippen molar-refractivity contribution < 1.29 is 17.9 Å². The van der Waals surface area contributed by atoms with Crippen LogP contribution in [0.1, 0.15) is 37.0 Å². The molecule has 0 aliphatic rings. The second kappa shape index (κ2) is 7.41. The molecular formula is C14H21ClN2O4S. The SMILES string of the molecule is CCC(CC)(CN)NS(=O)(=O)c1ccc(C(=O)OC)c(Cl)c1. The Morgan fingerprint density at radius 3 is 2.36 bits per heavy atom. The highest BCUT2D eigenvalue weighted by atomic mass is 35.5. The van der Waals surface area contributed by atoms with Crippen molar-refractivity contribution in [2.75, 3.05) is 13.7 Å². The first-order valence-electron chi connectivity index (χ1n) is 6.87. The summed E-state index contributed by atoms with van der Waals surface area (Å²) in [6, 6.07) is 3.86. The minimum Gasteiger partial charge on any atom is -0.465 e. The van der Waals surface area contributed by atoms with Gasteiger partial charge in [-0.3, -0.25) is 0 Å². The predicted molar refractivity (Wildman–Crippen MR) is 85.5 cm³/mol. The molecule has 0 saturated heterocycles. The van der Waals surface area contributed by atoms with E-state index < -0.39 is 21.5 Å². The van der Waals surface area contributed by atoms with Crippen LogP contribution in [0.4, 0.5) is 0 Å². The Morgan fingerprint density at radius 1 is 1.36 bits per heavy atom. The molecule has 0 saturated carbocycles. The largest absolute Gasteiger partial charge is 0.465 e. The molecule has 8 heteroatoms. The number of carbonyl (C=O) groups excluding carboxylic acids is 1. The molecule has 0 amide bonds. The van der Waals surface area contributed by atoms with Crippen LogP contribution in [0, 0.1) is 0 Å². The molecule has 124 valence electrons. The van der Waals surface area contributed by atoms with Crippen molar-refractivity contribution in [3.05, 3.63) is 28.8 Å². The van der Waals surface area contributed by atoms with Gasteiger partial charge in [-0.05, 0) is 31.0 Å². The number of nitrogens with one attached hydrogen (secondary N) is 1. The minimum atomic E-state index is -3.79. The van der Waals surface area contributed by atoms with Gasteiger partial charge in [0.25, 0.3) is 0 Å². The average molecular weight is 349 g/mol. The van der Waals surface area contributed by atoms with E-state index in [-0.39, 0.29) is 22.0 Å². The number of hydrogen-bond acceptors (Lipinski definition) is 5. The van der Waals surface area contributed by atoms with Crippen molar-refractivity contribution in [2.45, 2.75) is 37.1 Å². The standard InChI is InChI=1S/C14H21ClN2O4S/c1-4-14(5-2,9-16)17-22(19,20)10-6-7-11(12(15)8-10)13(18)21-3/h6-8,17H,4-5,9,16H2,1-3H3. The molecular weight excluding hydrogens is 328 g/mol. The van der Waals surface area contributed by atoms with Gasteiger partial charge in [0.05, 0.1) is 22.6 Å². The molecule has 0 atom stereocenters. The molecule has 0 heterocycles. The molecule has 0 unspecified atom stereocenters. The van der Waals surface area contributed by atoms with Crippen LogP contribution in [-0.2, 0) is 14.8 Å². The average Bonchev–Trinajstić information content (AvgIpc) is 2.51. The van der Waals surface area contributed by atoms with Crippen LogP contribution in [0.3, 0.4) is 0 Å². The second-order valence-electron chi connectivity index (χ2n) is 4.93. The van der Waals surface area contributed by atoms with Crippen LogP contribution in [0.25, 0.3) is 0 Å². The highest BCUT2D eigenvalue weighted by Gasteiger charge is 2.31. The van der Waals surface area contributed by atoms with E-state index in [1.54, 1.807) is 0 Å². The first-order chi connectivity index (χ1) is 10.2. The number of halogens is 1. The quantitative estimate of drug-likeness (QED) is 0.733. The smallest absolute Gasteiger partial charge is 0.339 e. The second-order valence-corrected chi connectivity index (χ2v) is 7.02. The van der Waals surface area contributed by atoms with Gasteiger partial charge in [-0.25, -0.2) is 17.9 Å². The van der Waals surface area contributed by atoms with Gasteiger partial charge in [0.2, 0.25) is 10.0 Å². The van der Waals surface area contributed by atoms with E-state index in [0.717, 1.165) is 0 Å². The van der Waals surface area contributed by atoms with E-state index in [2.05, 4.69) is 9.46 Å². The van der Waals surface area contributed by atoms with Crippen molar-refractivity contribution in [1.82, 2.24) is 4.72 Å². The van der Waals surface area contributed by atoms with Gasteiger partial charge in [0.15, 0.2) is 0 Å². The maximum absolute atomic E-state index is 12.5. The maximum Gasteiger partial charge on any atom is 0.339 e. The molecule has 0 aliphatic heterocycles. The first-order valence-corrected chi connectivity index (χ1v) is 8.73. The summed E-state index contributed by atoms with van der Waals surface area (Å²) in [7, 11) is -2.57. The molecule has 0 spiro atoms. The van der Waals surface area contributed by atoms with Gasteiger partial charge in [0, 0.05) is 12.1 Å². The van der Waals surface area contributed by atoms with Gasteiger partial charge < -0.3 is 10.5 Å². The minimum absolute atomic E-state index is 0.0149. The lowest BCUT2D eigenvalue weighted by molar-refractivity contribution is 0.0601. The third-order valence-corrected chi connectivity index (χ3v) is 5.64. The van der Waals surface area contributed by atoms with E-state index >= 15 is 0 Å². The Bertz CT molecular complexity index is 634. The fourth-order valence-electron chi connectivity index (χ4n) is 2.01. The van der Waals surface area contributed by atoms with Crippen LogP contribution < -0.4 is 10.5 Å². The third kappa shape index (κ3) is 3.98. The number of rotatable bonds is 7. The molecule has 1 aromatic rings. The van der Waals surface area contributed by atoms with Crippen LogP contribution >= 0.6 is 11.6 Å². The summed E-state index contributed by atoms with van der Waals surface area (Å²) in [6.45, 7) is 3.92. The number of carbonyl (C=O) groups is 1. The molecule has 6 nitrogen and oxygen atoms in total. The summed E-state index contributed by atoms with van der Waals surface area (Å²) in [4.78, 5) is 11.5. The molecule has 1 aromatic carbocycles. The van der Waals surface area contributed by atoms with Gasteiger partial charge in [-0.15, -0.1) is 0 Å². The molecule has 0 aliphatic carbocycles. The predicted octanol–water partition coefficient (Wildman–Crippen LogP) is 1.92. The lowest BCUT2D eigenvalue weighted by atomic mass is 9.95. The van der Waals surface area contributed by atoms with Gasteiger partial charge in [0.1, 0.15) is 0 Å². The Morgan fingerprint density at radius 2 is 1.95 bits per heavy atom. The van der Waals surface area contributed by atoms with Crippen LogP contribution in [0.2, 0.25) is 5.02 Å². The fraction of sp³-hybridized carbons (Fsp3) is 0.500. The molecule has 3 N–H and O–H groups in total. The summed E-state index contributed by atoms with van der Waals surface area (Å²) >= 11 is 5.96. The molecule has 1 rings (SSSR count). The number of methoxy groups -OCH3 is 1. The third-order valence-electron chi connectivity index (χ3n) is 3.75. The molecule has 0 bridgehead atoms. The van der Waals surface area contributed by atoms with Crippen molar-refractivity contribution in [2.24, 2.45) is 5.73 Å². The summed E-state index contributed by atoms with van der Waals surface area (Å²) in [6.07, 6.45) is 1.13. The molecule has 0 fully saturated rings. The molecule has 0 aromatic heterocycles. The van der Waals surface area contributed by atoms with E-state index in [1.165, 1.54) is 25.3 Å². The Hall–Kier alpha value is -1.15. The lowest BCUT2D eigenvalue weighted by Gasteiger charge is -2.31. The van der Waals surface area contributed by atoms with Crippen molar-refractivity contribution >= 4 is 27.6 Å². The van der Waals surface area contributed by atoms with Crippen molar-refractivity contribution in [1.29, 1.82) is 0 Å². The van der Waals surface area contributed by atoms with Gasteiger partial charge in [-0.1, -0.05) is 25.4 Å². The molecule has 22 heavy (non-hydrogen) atoms. The normalized spacial score (nSPS) is 12.2. The Labute approximate surface area is 136 Å². The monoisotopic (exact) mass is 348 g/mol. The number of ether oxygens (including phenoxy) is 1. The summed E-state index contributed by atoms with van der Waals surface area (Å²) in [5.74, 6) is -0.625. The number of sulfonamides is 1. The number of benzene rings is 1. The van der Waals surface area contributed by atoms with Gasteiger partial charge >= 0.3 is 5.97 Å². The highest BCUT2D eigenvalue weighted by Crippen LogP contribution is 2.24. The Kier molecular flexibility index (Phi) is 6.37. The van der Waals surface area contributed by atoms with E-state index in [9.17, 15) is 13.2 Å². The van der Waals surface area contributed by atoms with E-state index in [4.69, 9.17) is 17.3 Å². The van der Waals surface area contributed by atoms with Crippen molar-refractivity contribution in [3.8, 4) is 0 Å². The fourth-order valence-corrected chi connectivity index (χ4v) is 3.91.